The highest BCUT2D eigenvalue weighted by atomic mass is 32.1. The molecule has 1 amide bonds. The van der Waals surface area contributed by atoms with Crippen molar-refractivity contribution in [2.24, 2.45) is 5.10 Å². The summed E-state index contributed by atoms with van der Waals surface area (Å²) in [4.78, 5) is 9.68. The summed E-state index contributed by atoms with van der Waals surface area (Å²) in [5.41, 5.74) is 2.75. The molecular formula is C4H4N4OS. The Morgan fingerprint density at radius 2 is 2.70 bits per heavy atom. The zero-order valence-corrected chi connectivity index (χ0v) is 5.71. The van der Waals surface area contributed by atoms with Gasteiger partial charge in [-0.15, -0.1) is 5.10 Å². The lowest BCUT2D eigenvalue weighted by Gasteiger charge is -1.79. The Morgan fingerprint density at radius 1 is 1.80 bits per heavy atom. The summed E-state index contributed by atoms with van der Waals surface area (Å²) in [6, 6.07) is 0. The minimum Gasteiger partial charge on any atom is -0.277 e. The van der Waals surface area contributed by atoms with E-state index < -0.39 is 0 Å². The van der Waals surface area contributed by atoms with E-state index in [2.05, 4.69) is 20.1 Å². The fourth-order valence-corrected chi connectivity index (χ4v) is 0.766. The van der Waals surface area contributed by atoms with Crippen molar-refractivity contribution in [2.75, 3.05) is 0 Å². The highest BCUT2D eigenvalue weighted by molar-refractivity contribution is 7.03. The van der Waals surface area contributed by atoms with Gasteiger partial charge in [0.1, 0.15) is 5.69 Å². The molecule has 0 bridgehead atoms. The monoisotopic (exact) mass is 156 g/mol. The molecule has 1 rings (SSSR count). The Balaban J connectivity index is 2.47. The Bertz CT molecular complexity index is 219. The van der Waals surface area contributed by atoms with Crippen molar-refractivity contribution in [2.45, 2.75) is 0 Å². The fraction of sp³-hybridized carbons (Fsp3) is 0. The van der Waals surface area contributed by atoms with Gasteiger partial charge in [0.05, 0.1) is 6.21 Å². The van der Waals surface area contributed by atoms with Crippen LogP contribution in [0, 0.1) is 0 Å². The third-order valence-corrected chi connectivity index (χ3v) is 1.22. The molecule has 0 unspecified atom stereocenters. The molecule has 6 heteroatoms. The van der Waals surface area contributed by atoms with Gasteiger partial charge in [-0.3, -0.25) is 4.79 Å². The Hall–Kier alpha value is -1.30. The van der Waals surface area contributed by atoms with Crippen molar-refractivity contribution in [1.82, 2.24) is 15.0 Å². The smallest absolute Gasteiger partial charge is 0.227 e. The molecule has 0 aromatic carbocycles. The first kappa shape index (κ1) is 6.81. The number of nitrogens with zero attached hydrogens (tertiary/aromatic N) is 3. The number of nitrogens with one attached hydrogen (secondary N) is 1. The summed E-state index contributed by atoms with van der Waals surface area (Å²) in [6.45, 7) is 0. The second-order valence-corrected chi connectivity index (χ2v) is 1.94. The molecule has 0 fully saturated rings. The molecular weight excluding hydrogens is 152 g/mol. The lowest BCUT2D eigenvalue weighted by Crippen LogP contribution is -2.00. The summed E-state index contributed by atoms with van der Waals surface area (Å²) in [7, 11) is 0. The number of hydrogen-bond acceptors (Lipinski definition) is 5. The van der Waals surface area contributed by atoms with Crippen LogP contribution in [0.3, 0.4) is 0 Å². The van der Waals surface area contributed by atoms with E-state index in [0.29, 0.717) is 12.1 Å². The van der Waals surface area contributed by atoms with E-state index in [4.69, 9.17) is 0 Å². The zero-order valence-electron chi connectivity index (χ0n) is 4.89. The number of hydrazone groups is 1. The average Bonchev–Trinajstić information content (AvgIpc) is 2.41. The molecule has 0 aliphatic heterocycles. The van der Waals surface area contributed by atoms with Crippen LogP contribution in [0.15, 0.2) is 10.5 Å². The van der Waals surface area contributed by atoms with Gasteiger partial charge in [-0.1, -0.05) is 4.49 Å². The first-order chi connectivity index (χ1) is 4.93. The first-order valence-electron chi connectivity index (χ1n) is 2.43. The molecule has 0 atom stereocenters. The second-order valence-electron chi connectivity index (χ2n) is 1.33. The van der Waals surface area contributed by atoms with Crippen LogP contribution in [0.25, 0.3) is 0 Å². The summed E-state index contributed by atoms with van der Waals surface area (Å²) >= 11 is 1.23. The third kappa shape index (κ3) is 1.90. The topological polar surface area (TPSA) is 67.2 Å². The number of carbonyl (C=O) groups excluding carboxylic acids is 1. The molecule has 0 radical (unpaired) electrons. The van der Waals surface area contributed by atoms with Crippen LogP contribution in [0.5, 0.6) is 0 Å². The van der Waals surface area contributed by atoms with Gasteiger partial charge in [-0.05, 0) is 11.5 Å². The Kier molecular flexibility index (Phi) is 2.50. The number of rotatable bonds is 3. The van der Waals surface area contributed by atoms with Crippen LogP contribution in [0.1, 0.15) is 5.69 Å². The number of amides is 1. The number of hydrogen-bond donors (Lipinski definition) is 1. The van der Waals surface area contributed by atoms with Gasteiger partial charge >= 0.3 is 0 Å². The minimum absolute atomic E-state index is 0.482. The molecule has 5 nitrogen and oxygen atoms in total. The van der Waals surface area contributed by atoms with Gasteiger partial charge in [-0.2, -0.15) is 5.10 Å². The molecule has 0 aliphatic carbocycles. The second kappa shape index (κ2) is 3.67. The van der Waals surface area contributed by atoms with E-state index in [0.717, 1.165) is 0 Å². The molecule has 1 heterocycles. The zero-order chi connectivity index (χ0) is 7.23. The van der Waals surface area contributed by atoms with Crippen molar-refractivity contribution in [1.29, 1.82) is 0 Å². The number of carbonyl (C=O) groups is 1. The van der Waals surface area contributed by atoms with E-state index in [9.17, 15) is 4.79 Å². The third-order valence-electron chi connectivity index (χ3n) is 0.701. The van der Waals surface area contributed by atoms with Gasteiger partial charge in [0, 0.05) is 5.38 Å². The predicted molar refractivity (Wildman–Crippen MR) is 36.7 cm³/mol. The van der Waals surface area contributed by atoms with Gasteiger partial charge in [-0.25, -0.2) is 5.43 Å². The van der Waals surface area contributed by atoms with E-state index in [-0.39, 0.29) is 0 Å². The van der Waals surface area contributed by atoms with Crippen LogP contribution < -0.4 is 5.43 Å². The maximum atomic E-state index is 9.68. The minimum atomic E-state index is 0.482. The van der Waals surface area contributed by atoms with Crippen LogP contribution >= 0.6 is 11.5 Å². The van der Waals surface area contributed by atoms with Gasteiger partial charge in [0.15, 0.2) is 0 Å². The first-order valence-corrected chi connectivity index (χ1v) is 3.26. The van der Waals surface area contributed by atoms with Gasteiger partial charge in [0.2, 0.25) is 6.41 Å². The van der Waals surface area contributed by atoms with Crippen molar-refractivity contribution in [3.05, 3.63) is 11.1 Å². The Labute approximate surface area is 60.9 Å². The summed E-state index contributed by atoms with van der Waals surface area (Å²) in [5, 5.41) is 8.86. The standard InChI is InChI=1S/C4H4N4OS/c9-3-6-5-1-4-2-10-8-7-4/h1-3H,(H,6,9)/b5-1+. The van der Waals surface area contributed by atoms with E-state index in [1.54, 1.807) is 5.38 Å². The number of aromatic nitrogens is 2. The molecule has 1 aromatic heterocycles. The average molecular weight is 156 g/mol. The SMILES string of the molecule is O=CN/N=C/c1csnn1. The van der Waals surface area contributed by atoms with Gasteiger partial charge in [0.25, 0.3) is 0 Å². The maximum Gasteiger partial charge on any atom is 0.227 e. The Morgan fingerprint density at radius 3 is 3.30 bits per heavy atom. The molecule has 1 aromatic rings. The lowest BCUT2D eigenvalue weighted by atomic mass is 10.6. The van der Waals surface area contributed by atoms with Crippen molar-refractivity contribution in [3.63, 3.8) is 0 Å². The highest BCUT2D eigenvalue weighted by Crippen LogP contribution is 1.90. The highest BCUT2D eigenvalue weighted by Gasteiger charge is 1.86. The molecule has 0 aliphatic rings. The van der Waals surface area contributed by atoms with Crippen LogP contribution in [-0.4, -0.2) is 22.2 Å². The van der Waals surface area contributed by atoms with Crippen molar-refractivity contribution >= 4 is 24.2 Å². The summed E-state index contributed by atoms with van der Waals surface area (Å²) in [5.74, 6) is 0. The summed E-state index contributed by atoms with van der Waals surface area (Å²) in [6.07, 6.45) is 1.90. The molecule has 0 saturated heterocycles. The predicted octanol–water partition coefficient (Wildman–Crippen LogP) is -0.382. The van der Waals surface area contributed by atoms with Crippen molar-refractivity contribution < 1.29 is 4.79 Å². The molecule has 1 N–H and O–H groups in total. The molecule has 0 spiro atoms. The van der Waals surface area contributed by atoms with Crippen molar-refractivity contribution in [3.8, 4) is 0 Å². The van der Waals surface area contributed by atoms with Gasteiger partial charge < -0.3 is 0 Å². The fourth-order valence-electron chi connectivity index (χ4n) is 0.362. The summed E-state index contributed by atoms with van der Waals surface area (Å²) < 4.78 is 3.59. The van der Waals surface area contributed by atoms with E-state index >= 15 is 0 Å². The quantitative estimate of drug-likeness (QED) is 0.368. The molecule has 52 valence electrons. The van der Waals surface area contributed by atoms with Crippen LogP contribution in [-0.2, 0) is 4.79 Å². The largest absolute Gasteiger partial charge is 0.277 e. The lowest BCUT2D eigenvalue weighted by molar-refractivity contribution is -0.109. The normalized spacial score (nSPS) is 10.0. The van der Waals surface area contributed by atoms with Crippen LogP contribution in [0.2, 0.25) is 0 Å². The van der Waals surface area contributed by atoms with E-state index in [1.807, 2.05) is 0 Å². The molecule has 0 saturated carbocycles. The molecule has 10 heavy (non-hydrogen) atoms. The van der Waals surface area contributed by atoms with E-state index in [1.165, 1.54) is 17.7 Å². The van der Waals surface area contributed by atoms with Crippen LogP contribution in [0.4, 0.5) is 0 Å². The maximum absolute atomic E-state index is 9.68.